The second-order valence-electron chi connectivity index (χ2n) is 4.04. The highest BCUT2D eigenvalue weighted by atomic mass is 16.5. The Balaban J connectivity index is 2.13. The Morgan fingerprint density at radius 2 is 2.12 bits per heavy atom. The highest BCUT2D eigenvalue weighted by molar-refractivity contribution is 5.21. The minimum atomic E-state index is 0.491. The van der Waals surface area contributed by atoms with E-state index >= 15 is 0 Å². The van der Waals surface area contributed by atoms with E-state index in [0.29, 0.717) is 13.2 Å². The van der Waals surface area contributed by atoms with Crippen molar-refractivity contribution in [3.63, 3.8) is 0 Å². The highest BCUT2D eigenvalue weighted by Gasteiger charge is 2.04. The summed E-state index contributed by atoms with van der Waals surface area (Å²) in [6.45, 7) is 5.18. The number of methoxy groups -OCH3 is 1. The molecule has 5 heteroatoms. The molecule has 0 aromatic carbocycles. The minimum Gasteiger partial charge on any atom is -0.378 e. The maximum absolute atomic E-state index is 5.00. The van der Waals surface area contributed by atoms with E-state index in [1.54, 1.807) is 11.8 Å². The summed E-state index contributed by atoms with van der Waals surface area (Å²) < 4.78 is 6.80. The molecule has 0 atom stereocenters. The summed E-state index contributed by atoms with van der Waals surface area (Å²) in [6, 6.07) is 4.09. The first kappa shape index (κ1) is 11.7. The molecule has 90 valence electrons. The molecule has 0 spiro atoms. The summed E-state index contributed by atoms with van der Waals surface area (Å²) in [5.74, 6) is 0. The van der Waals surface area contributed by atoms with Gasteiger partial charge < -0.3 is 4.74 Å². The van der Waals surface area contributed by atoms with E-state index < -0.39 is 0 Å². The van der Waals surface area contributed by atoms with Crippen LogP contribution in [0.3, 0.4) is 0 Å². The predicted molar refractivity (Wildman–Crippen MR) is 63.5 cm³/mol. The second-order valence-corrected chi connectivity index (χ2v) is 4.04. The maximum Gasteiger partial charge on any atom is 0.108 e. The molecule has 0 aliphatic carbocycles. The lowest BCUT2D eigenvalue weighted by molar-refractivity contribution is 0.181. The summed E-state index contributed by atoms with van der Waals surface area (Å²) in [7, 11) is 1.65. The van der Waals surface area contributed by atoms with Gasteiger partial charge in [0.1, 0.15) is 5.69 Å². The highest BCUT2D eigenvalue weighted by Crippen LogP contribution is 2.08. The molecule has 17 heavy (non-hydrogen) atoms. The first-order chi connectivity index (χ1) is 8.19. The smallest absolute Gasteiger partial charge is 0.108 e. The first-order valence-electron chi connectivity index (χ1n) is 5.50. The SMILES string of the molecule is COCc1cn(Cc2ccc(C)nc2C)nn1. The summed E-state index contributed by atoms with van der Waals surface area (Å²) in [6.07, 6.45) is 1.89. The van der Waals surface area contributed by atoms with Gasteiger partial charge in [-0.15, -0.1) is 5.10 Å². The van der Waals surface area contributed by atoms with Crippen LogP contribution in [0.25, 0.3) is 0 Å². The van der Waals surface area contributed by atoms with Crippen molar-refractivity contribution in [2.24, 2.45) is 0 Å². The fourth-order valence-electron chi connectivity index (χ4n) is 1.69. The summed E-state index contributed by atoms with van der Waals surface area (Å²) in [4.78, 5) is 4.43. The Hall–Kier alpha value is -1.75. The molecule has 0 N–H and O–H groups in total. The number of hydrogen-bond donors (Lipinski definition) is 0. The molecule has 2 aromatic heterocycles. The van der Waals surface area contributed by atoms with Crippen molar-refractivity contribution in [1.29, 1.82) is 0 Å². The van der Waals surface area contributed by atoms with Crippen molar-refractivity contribution in [3.05, 3.63) is 41.0 Å². The molecule has 2 rings (SSSR count). The van der Waals surface area contributed by atoms with Gasteiger partial charge in [-0.05, 0) is 25.5 Å². The molecule has 0 saturated carbocycles. The number of nitrogens with zero attached hydrogens (tertiary/aromatic N) is 4. The van der Waals surface area contributed by atoms with Crippen LogP contribution in [0.1, 0.15) is 22.6 Å². The lowest BCUT2D eigenvalue weighted by Gasteiger charge is -2.05. The van der Waals surface area contributed by atoms with Crippen molar-refractivity contribution in [2.75, 3.05) is 7.11 Å². The molecule has 0 radical (unpaired) electrons. The normalized spacial score (nSPS) is 10.8. The summed E-state index contributed by atoms with van der Waals surface area (Å²) >= 11 is 0. The number of ether oxygens (including phenoxy) is 1. The molecule has 0 unspecified atom stereocenters. The van der Waals surface area contributed by atoms with Gasteiger partial charge in [-0.3, -0.25) is 4.98 Å². The lowest BCUT2D eigenvalue weighted by atomic mass is 10.2. The van der Waals surface area contributed by atoms with E-state index in [-0.39, 0.29) is 0 Å². The van der Waals surface area contributed by atoms with Crippen LogP contribution in [-0.4, -0.2) is 27.1 Å². The van der Waals surface area contributed by atoms with E-state index in [1.807, 2.05) is 26.1 Å². The summed E-state index contributed by atoms with van der Waals surface area (Å²) in [5.41, 5.74) is 4.06. The predicted octanol–water partition coefficient (Wildman–Crippen LogP) is 1.48. The molecule has 0 amide bonds. The zero-order valence-corrected chi connectivity index (χ0v) is 10.3. The molecule has 0 aliphatic heterocycles. The van der Waals surface area contributed by atoms with E-state index in [2.05, 4.69) is 21.4 Å². The quantitative estimate of drug-likeness (QED) is 0.801. The Kier molecular flexibility index (Phi) is 3.49. The number of aromatic nitrogens is 4. The number of hydrogen-bond acceptors (Lipinski definition) is 4. The third-order valence-electron chi connectivity index (χ3n) is 2.55. The largest absolute Gasteiger partial charge is 0.378 e. The van der Waals surface area contributed by atoms with Crippen LogP contribution < -0.4 is 0 Å². The molecule has 2 aromatic rings. The van der Waals surface area contributed by atoms with Gasteiger partial charge in [-0.1, -0.05) is 11.3 Å². The van der Waals surface area contributed by atoms with Gasteiger partial charge in [0, 0.05) is 18.5 Å². The van der Waals surface area contributed by atoms with Crippen LogP contribution in [0.5, 0.6) is 0 Å². The van der Waals surface area contributed by atoms with E-state index in [1.165, 1.54) is 0 Å². The van der Waals surface area contributed by atoms with E-state index in [9.17, 15) is 0 Å². The molecule has 0 bridgehead atoms. The molecule has 0 saturated heterocycles. The van der Waals surface area contributed by atoms with Gasteiger partial charge in [0.25, 0.3) is 0 Å². The lowest BCUT2D eigenvalue weighted by Crippen LogP contribution is -2.04. The van der Waals surface area contributed by atoms with Crippen molar-refractivity contribution < 1.29 is 4.74 Å². The first-order valence-corrected chi connectivity index (χ1v) is 5.50. The van der Waals surface area contributed by atoms with Gasteiger partial charge >= 0.3 is 0 Å². The van der Waals surface area contributed by atoms with Crippen LogP contribution in [0.15, 0.2) is 18.3 Å². The zero-order valence-electron chi connectivity index (χ0n) is 10.3. The zero-order chi connectivity index (χ0) is 12.3. The van der Waals surface area contributed by atoms with Crippen LogP contribution >= 0.6 is 0 Å². The number of aryl methyl sites for hydroxylation is 2. The third-order valence-corrected chi connectivity index (χ3v) is 2.55. The number of rotatable bonds is 4. The Labute approximate surface area is 100 Å². The van der Waals surface area contributed by atoms with Gasteiger partial charge in [-0.2, -0.15) is 0 Å². The monoisotopic (exact) mass is 232 g/mol. The minimum absolute atomic E-state index is 0.491. The third kappa shape index (κ3) is 2.88. The van der Waals surface area contributed by atoms with Crippen LogP contribution in [0, 0.1) is 13.8 Å². The fourth-order valence-corrected chi connectivity index (χ4v) is 1.69. The van der Waals surface area contributed by atoms with Gasteiger partial charge in [0.15, 0.2) is 0 Å². The van der Waals surface area contributed by atoms with Gasteiger partial charge in [-0.25, -0.2) is 4.68 Å². The van der Waals surface area contributed by atoms with Crippen LogP contribution in [0.2, 0.25) is 0 Å². The van der Waals surface area contributed by atoms with Crippen molar-refractivity contribution in [3.8, 4) is 0 Å². The summed E-state index contributed by atoms with van der Waals surface area (Å²) in [5, 5.41) is 8.07. The van der Waals surface area contributed by atoms with E-state index in [4.69, 9.17) is 4.74 Å². The molecule has 5 nitrogen and oxygen atoms in total. The van der Waals surface area contributed by atoms with Crippen molar-refractivity contribution >= 4 is 0 Å². The van der Waals surface area contributed by atoms with E-state index in [0.717, 1.165) is 22.6 Å². The fraction of sp³-hybridized carbons (Fsp3) is 0.417. The number of pyridine rings is 1. The molecular formula is C12H16N4O. The van der Waals surface area contributed by atoms with Crippen molar-refractivity contribution in [2.45, 2.75) is 27.0 Å². The standard InChI is InChI=1S/C12H16N4O/c1-9-4-5-11(10(2)13-9)6-16-7-12(8-17-3)14-15-16/h4-5,7H,6,8H2,1-3H3. The topological polar surface area (TPSA) is 52.8 Å². The average molecular weight is 232 g/mol. The molecular weight excluding hydrogens is 216 g/mol. The average Bonchev–Trinajstić information content (AvgIpc) is 2.71. The van der Waals surface area contributed by atoms with Gasteiger partial charge in [0.2, 0.25) is 0 Å². The Morgan fingerprint density at radius 3 is 2.82 bits per heavy atom. The Bertz CT molecular complexity index is 507. The van der Waals surface area contributed by atoms with Crippen molar-refractivity contribution in [1.82, 2.24) is 20.0 Å². The molecule has 2 heterocycles. The molecule has 0 aliphatic rings. The van der Waals surface area contributed by atoms with Gasteiger partial charge in [0.05, 0.1) is 19.3 Å². The second kappa shape index (κ2) is 5.05. The van der Waals surface area contributed by atoms with Crippen LogP contribution in [0.4, 0.5) is 0 Å². The maximum atomic E-state index is 5.00. The van der Waals surface area contributed by atoms with Crippen LogP contribution in [-0.2, 0) is 17.9 Å². The molecule has 0 fully saturated rings. The Morgan fingerprint density at radius 1 is 1.29 bits per heavy atom.